The summed E-state index contributed by atoms with van der Waals surface area (Å²) in [5.74, 6) is -0.0499. The van der Waals surface area contributed by atoms with E-state index in [4.69, 9.17) is 0 Å². The van der Waals surface area contributed by atoms with Crippen LogP contribution in [0.1, 0.15) is 46.4 Å². The van der Waals surface area contributed by atoms with Crippen LogP contribution in [0, 0.1) is 0 Å². The summed E-state index contributed by atoms with van der Waals surface area (Å²) in [4.78, 5) is 29.4. The summed E-state index contributed by atoms with van der Waals surface area (Å²) < 4.78 is 0. The first-order valence-electron chi connectivity index (χ1n) is 12.0. The van der Waals surface area contributed by atoms with Crippen molar-refractivity contribution in [3.05, 3.63) is 76.0 Å². The van der Waals surface area contributed by atoms with Gasteiger partial charge in [0.25, 0.3) is 11.8 Å². The van der Waals surface area contributed by atoms with E-state index in [2.05, 4.69) is 38.0 Å². The maximum absolute atomic E-state index is 13.0. The molecule has 1 atom stereocenters. The second kappa shape index (κ2) is 9.75. The number of amides is 2. The molecule has 1 fully saturated rings. The Morgan fingerprint density at radius 1 is 1.08 bits per heavy atom. The topological polar surface area (TPSA) is 102 Å². The zero-order valence-electron chi connectivity index (χ0n) is 20.6. The molecule has 3 heterocycles. The van der Waals surface area contributed by atoms with Gasteiger partial charge in [-0.2, -0.15) is 5.10 Å². The van der Waals surface area contributed by atoms with Gasteiger partial charge in [0.05, 0.1) is 11.1 Å². The highest BCUT2D eigenvalue weighted by Crippen LogP contribution is 2.27. The van der Waals surface area contributed by atoms with Crippen LogP contribution in [0.3, 0.4) is 0 Å². The molecule has 1 unspecified atom stereocenters. The van der Waals surface area contributed by atoms with Gasteiger partial charge in [-0.05, 0) is 74.7 Å². The van der Waals surface area contributed by atoms with Crippen LogP contribution in [0.5, 0.6) is 0 Å². The van der Waals surface area contributed by atoms with Gasteiger partial charge in [-0.3, -0.25) is 14.7 Å². The van der Waals surface area contributed by atoms with Gasteiger partial charge in [-0.25, -0.2) is 0 Å². The minimum atomic E-state index is -0.497. The number of rotatable bonds is 6. The van der Waals surface area contributed by atoms with E-state index in [1.54, 1.807) is 29.5 Å². The summed E-state index contributed by atoms with van der Waals surface area (Å²) in [7, 11) is 0. The number of nitrogens with one attached hydrogen (secondary N) is 4. The Morgan fingerprint density at radius 2 is 1.86 bits per heavy atom. The number of H-pyrrole nitrogens is 1. The molecule has 4 aromatic rings. The first-order valence-corrected chi connectivity index (χ1v) is 12.9. The SMILES string of the molecule is CC1CN(c2ccc(C(=O)Nc3n[nH]c4ccc(C(=O)NC(C)(C)c5cccs5)cc34)cc2)CCN1. The van der Waals surface area contributed by atoms with E-state index in [0.717, 1.165) is 35.7 Å². The van der Waals surface area contributed by atoms with Gasteiger partial charge in [0.2, 0.25) is 0 Å². The lowest BCUT2D eigenvalue weighted by Crippen LogP contribution is -2.49. The standard InChI is InChI=1S/C27H30N6O2S/c1-17-16-33(13-12-28-17)20-9-6-18(7-10-20)25(34)29-24-21-15-19(8-11-22(21)31-32-24)26(35)30-27(2,3)23-5-4-14-36-23/h4-11,14-15,17,28H,12-13,16H2,1-3H3,(H,30,35)(H2,29,31,32,34). The third-order valence-corrected chi connectivity index (χ3v) is 7.68. The fourth-order valence-electron chi connectivity index (χ4n) is 4.47. The van der Waals surface area contributed by atoms with E-state index < -0.39 is 5.54 Å². The highest BCUT2D eigenvalue weighted by Gasteiger charge is 2.25. The number of carbonyl (C=O) groups excluding carboxylic acids is 2. The van der Waals surface area contributed by atoms with Crippen molar-refractivity contribution >= 4 is 45.6 Å². The summed E-state index contributed by atoms with van der Waals surface area (Å²) in [6.45, 7) is 8.95. The summed E-state index contributed by atoms with van der Waals surface area (Å²) in [6.07, 6.45) is 0. The number of aromatic amines is 1. The molecule has 4 N–H and O–H groups in total. The number of thiophene rings is 1. The molecule has 36 heavy (non-hydrogen) atoms. The van der Waals surface area contributed by atoms with Crippen molar-refractivity contribution in [1.82, 2.24) is 20.8 Å². The molecule has 1 aliphatic heterocycles. The molecule has 186 valence electrons. The molecule has 0 radical (unpaired) electrons. The summed E-state index contributed by atoms with van der Waals surface area (Å²) in [5.41, 5.74) is 2.39. The Morgan fingerprint density at radius 3 is 2.58 bits per heavy atom. The molecular formula is C27H30N6O2S. The molecule has 2 amide bonds. The van der Waals surface area contributed by atoms with Crippen LogP contribution < -0.4 is 20.9 Å². The van der Waals surface area contributed by atoms with Crippen molar-refractivity contribution in [2.75, 3.05) is 29.9 Å². The number of benzene rings is 2. The second-order valence-corrected chi connectivity index (χ2v) is 10.6. The Bertz CT molecular complexity index is 1380. The molecule has 0 saturated carbocycles. The van der Waals surface area contributed by atoms with E-state index >= 15 is 0 Å². The number of piperazine rings is 1. The summed E-state index contributed by atoms with van der Waals surface area (Å²) in [6, 6.07) is 17.3. The third kappa shape index (κ3) is 4.98. The van der Waals surface area contributed by atoms with Gasteiger partial charge in [0.15, 0.2) is 5.82 Å². The lowest BCUT2D eigenvalue weighted by atomic mass is 10.0. The van der Waals surface area contributed by atoms with Gasteiger partial charge >= 0.3 is 0 Å². The first-order chi connectivity index (χ1) is 17.3. The van der Waals surface area contributed by atoms with Crippen molar-refractivity contribution in [3.8, 4) is 0 Å². The number of nitrogens with zero attached hydrogens (tertiary/aromatic N) is 2. The average molecular weight is 503 g/mol. The van der Waals surface area contributed by atoms with E-state index in [0.29, 0.717) is 28.4 Å². The minimum absolute atomic E-state index is 0.188. The van der Waals surface area contributed by atoms with E-state index in [1.165, 1.54) is 0 Å². The Hall–Kier alpha value is -3.69. The largest absolute Gasteiger partial charge is 0.369 e. The third-order valence-electron chi connectivity index (χ3n) is 6.48. The van der Waals surface area contributed by atoms with Gasteiger partial charge < -0.3 is 20.9 Å². The predicted molar refractivity (Wildman–Crippen MR) is 145 cm³/mol. The van der Waals surface area contributed by atoms with Crippen LogP contribution in [0.15, 0.2) is 60.0 Å². The van der Waals surface area contributed by atoms with Crippen LogP contribution >= 0.6 is 11.3 Å². The summed E-state index contributed by atoms with van der Waals surface area (Å²) in [5, 5.41) is 19.3. The zero-order chi connectivity index (χ0) is 25.3. The van der Waals surface area contributed by atoms with Crippen LogP contribution in [-0.4, -0.2) is 47.7 Å². The van der Waals surface area contributed by atoms with Crippen molar-refractivity contribution < 1.29 is 9.59 Å². The Balaban J connectivity index is 1.30. The molecule has 5 rings (SSSR count). The van der Waals surface area contributed by atoms with E-state index in [9.17, 15) is 9.59 Å². The fraction of sp³-hybridized carbons (Fsp3) is 0.296. The van der Waals surface area contributed by atoms with Crippen molar-refractivity contribution in [2.45, 2.75) is 32.4 Å². The van der Waals surface area contributed by atoms with Gasteiger partial charge in [-0.1, -0.05) is 6.07 Å². The lowest BCUT2D eigenvalue weighted by molar-refractivity contribution is 0.0913. The van der Waals surface area contributed by atoms with Crippen LogP contribution in [0.25, 0.3) is 10.9 Å². The molecule has 9 heteroatoms. The Kier molecular flexibility index (Phi) is 6.51. The lowest BCUT2D eigenvalue weighted by Gasteiger charge is -2.33. The average Bonchev–Trinajstić information content (AvgIpc) is 3.55. The van der Waals surface area contributed by atoms with E-state index in [1.807, 2.05) is 55.6 Å². The second-order valence-electron chi connectivity index (χ2n) is 9.69. The monoisotopic (exact) mass is 502 g/mol. The molecule has 2 aromatic heterocycles. The number of carbonyl (C=O) groups is 2. The fourth-order valence-corrected chi connectivity index (χ4v) is 5.28. The van der Waals surface area contributed by atoms with E-state index in [-0.39, 0.29) is 11.8 Å². The number of aromatic nitrogens is 2. The summed E-state index contributed by atoms with van der Waals surface area (Å²) >= 11 is 1.60. The van der Waals surface area contributed by atoms with Crippen LogP contribution in [0.2, 0.25) is 0 Å². The van der Waals surface area contributed by atoms with Crippen molar-refractivity contribution in [1.29, 1.82) is 0 Å². The molecule has 2 aromatic carbocycles. The van der Waals surface area contributed by atoms with Crippen molar-refractivity contribution in [2.24, 2.45) is 0 Å². The molecule has 1 saturated heterocycles. The molecular weight excluding hydrogens is 472 g/mol. The zero-order valence-corrected chi connectivity index (χ0v) is 21.4. The minimum Gasteiger partial charge on any atom is -0.369 e. The van der Waals surface area contributed by atoms with Gasteiger partial charge in [-0.15, -0.1) is 11.3 Å². The molecule has 0 spiro atoms. The molecule has 1 aliphatic rings. The molecule has 8 nitrogen and oxygen atoms in total. The highest BCUT2D eigenvalue weighted by atomic mass is 32.1. The smallest absolute Gasteiger partial charge is 0.256 e. The van der Waals surface area contributed by atoms with Gasteiger partial charge in [0.1, 0.15) is 0 Å². The number of hydrogen-bond donors (Lipinski definition) is 4. The molecule has 0 bridgehead atoms. The quantitative estimate of drug-likeness (QED) is 0.314. The number of fused-ring (bicyclic) bond motifs is 1. The number of anilines is 2. The maximum atomic E-state index is 13.0. The number of hydrogen-bond acceptors (Lipinski definition) is 6. The highest BCUT2D eigenvalue weighted by molar-refractivity contribution is 7.10. The Labute approximate surface area is 214 Å². The normalized spacial score (nSPS) is 16.2. The van der Waals surface area contributed by atoms with Crippen molar-refractivity contribution in [3.63, 3.8) is 0 Å². The predicted octanol–water partition coefficient (Wildman–Crippen LogP) is 4.34. The maximum Gasteiger partial charge on any atom is 0.256 e. The first kappa shape index (κ1) is 24.0. The van der Waals surface area contributed by atoms with Crippen LogP contribution in [-0.2, 0) is 5.54 Å². The van der Waals surface area contributed by atoms with Gasteiger partial charge in [0, 0.05) is 52.8 Å². The molecule has 0 aliphatic carbocycles. The van der Waals surface area contributed by atoms with Crippen LogP contribution in [0.4, 0.5) is 11.5 Å².